The van der Waals surface area contributed by atoms with Gasteiger partial charge in [-0.1, -0.05) is 25.1 Å². The van der Waals surface area contributed by atoms with Gasteiger partial charge in [0, 0.05) is 45.2 Å². The standard InChI is InChI=1S/C17H25N7O.HI/c1-3-15-23-22-13-24(15)12-11-21-17(18-2)20-10-9-19-16(25)14-7-5-4-6-8-14;/h4-8,13H,3,9-12H2,1-2H3,(H,19,25)(H2,18,20,21);1H. The highest BCUT2D eigenvalue weighted by atomic mass is 127. The normalized spacial score (nSPS) is 10.8. The summed E-state index contributed by atoms with van der Waals surface area (Å²) in [6.07, 6.45) is 2.59. The number of carbonyl (C=O) groups is 1. The molecule has 1 aromatic heterocycles. The topological polar surface area (TPSA) is 96.2 Å². The molecule has 9 heteroatoms. The van der Waals surface area contributed by atoms with Crippen molar-refractivity contribution >= 4 is 35.8 Å². The van der Waals surface area contributed by atoms with Gasteiger partial charge in [0.15, 0.2) is 5.96 Å². The lowest BCUT2D eigenvalue weighted by molar-refractivity contribution is 0.0954. The molecule has 1 heterocycles. The quantitative estimate of drug-likeness (QED) is 0.232. The number of halogens is 1. The summed E-state index contributed by atoms with van der Waals surface area (Å²) < 4.78 is 2.01. The summed E-state index contributed by atoms with van der Waals surface area (Å²) in [7, 11) is 1.72. The molecular weight excluding hydrogens is 445 g/mol. The van der Waals surface area contributed by atoms with Gasteiger partial charge in [-0.15, -0.1) is 34.2 Å². The van der Waals surface area contributed by atoms with Gasteiger partial charge in [-0.2, -0.15) is 0 Å². The molecule has 0 aliphatic rings. The van der Waals surface area contributed by atoms with Gasteiger partial charge in [-0.25, -0.2) is 0 Å². The van der Waals surface area contributed by atoms with Crippen molar-refractivity contribution in [3.05, 3.63) is 48.0 Å². The van der Waals surface area contributed by atoms with Gasteiger partial charge < -0.3 is 20.5 Å². The smallest absolute Gasteiger partial charge is 0.251 e. The highest BCUT2D eigenvalue weighted by Crippen LogP contribution is 1.97. The van der Waals surface area contributed by atoms with Crippen molar-refractivity contribution in [2.24, 2.45) is 4.99 Å². The average molecular weight is 471 g/mol. The number of nitrogens with one attached hydrogen (secondary N) is 3. The van der Waals surface area contributed by atoms with Gasteiger partial charge in [0.25, 0.3) is 5.91 Å². The highest BCUT2D eigenvalue weighted by molar-refractivity contribution is 14.0. The maximum absolute atomic E-state index is 11.9. The summed E-state index contributed by atoms with van der Waals surface area (Å²) >= 11 is 0. The Balaban J connectivity index is 0.00000338. The minimum absolute atomic E-state index is 0. The largest absolute Gasteiger partial charge is 0.355 e. The lowest BCUT2D eigenvalue weighted by Gasteiger charge is -2.13. The zero-order chi connectivity index (χ0) is 17.9. The predicted molar refractivity (Wildman–Crippen MR) is 113 cm³/mol. The second-order valence-corrected chi connectivity index (χ2v) is 5.34. The fourth-order valence-electron chi connectivity index (χ4n) is 2.30. The average Bonchev–Trinajstić information content (AvgIpc) is 3.11. The van der Waals surface area contributed by atoms with E-state index in [2.05, 4.69) is 38.1 Å². The Hall–Kier alpha value is -2.17. The molecule has 142 valence electrons. The number of guanidine groups is 1. The van der Waals surface area contributed by atoms with Crippen molar-refractivity contribution in [3.63, 3.8) is 0 Å². The van der Waals surface area contributed by atoms with E-state index in [1.54, 1.807) is 25.5 Å². The number of rotatable bonds is 8. The van der Waals surface area contributed by atoms with Crippen molar-refractivity contribution in [1.82, 2.24) is 30.7 Å². The molecule has 2 aromatic rings. The SMILES string of the molecule is CCc1nncn1CCNC(=NC)NCCNC(=O)c1ccccc1.I. The van der Waals surface area contributed by atoms with E-state index in [1.807, 2.05) is 22.8 Å². The lowest BCUT2D eigenvalue weighted by Crippen LogP contribution is -2.42. The van der Waals surface area contributed by atoms with E-state index < -0.39 is 0 Å². The summed E-state index contributed by atoms with van der Waals surface area (Å²) in [6.45, 7) is 4.63. The first-order chi connectivity index (χ1) is 12.2. The van der Waals surface area contributed by atoms with Crippen LogP contribution in [0.5, 0.6) is 0 Å². The first kappa shape index (κ1) is 21.9. The summed E-state index contributed by atoms with van der Waals surface area (Å²) in [6, 6.07) is 9.16. The van der Waals surface area contributed by atoms with Gasteiger partial charge in [0.2, 0.25) is 0 Å². The first-order valence-corrected chi connectivity index (χ1v) is 8.39. The third-order valence-electron chi connectivity index (χ3n) is 3.62. The minimum atomic E-state index is -0.0787. The molecule has 26 heavy (non-hydrogen) atoms. The van der Waals surface area contributed by atoms with Gasteiger partial charge in [-0.05, 0) is 12.1 Å². The number of aryl methyl sites for hydroxylation is 1. The van der Waals surface area contributed by atoms with Crippen LogP contribution in [-0.2, 0) is 13.0 Å². The molecule has 3 N–H and O–H groups in total. The number of aliphatic imine (C=N–C) groups is 1. The zero-order valence-electron chi connectivity index (χ0n) is 15.1. The van der Waals surface area contributed by atoms with Gasteiger partial charge in [0.05, 0.1) is 0 Å². The van der Waals surface area contributed by atoms with Crippen LogP contribution < -0.4 is 16.0 Å². The second-order valence-electron chi connectivity index (χ2n) is 5.34. The Morgan fingerprint density at radius 3 is 2.50 bits per heavy atom. The number of benzene rings is 1. The zero-order valence-corrected chi connectivity index (χ0v) is 17.4. The Kier molecular flexibility index (Phi) is 10.3. The van der Waals surface area contributed by atoms with E-state index in [0.29, 0.717) is 31.2 Å². The third-order valence-corrected chi connectivity index (χ3v) is 3.62. The van der Waals surface area contributed by atoms with E-state index in [-0.39, 0.29) is 29.9 Å². The fraction of sp³-hybridized carbons (Fsp3) is 0.412. The molecule has 0 atom stereocenters. The molecule has 0 saturated carbocycles. The molecule has 0 saturated heterocycles. The van der Waals surface area contributed by atoms with Crippen LogP contribution in [0.2, 0.25) is 0 Å². The van der Waals surface area contributed by atoms with E-state index in [1.165, 1.54) is 0 Å². The van der Waals surface area contributed by atoms with Crippen molar-refractivity contribution < 1.29 is 4.79 Å². The summed E-state index contributed by atoms with van der Waals surface area (Å²) in [5, 5.41) is 17.2. The van der Waals surface area contributed by atoms with Crippen molar-refractivity contribution in [3.8, 4) is 0 Å². The Labute approximate surface area is 170 Å². The summed E-state index contributed by atoms with van der Waals surface area (Å²) in [5.41, 5.74) is 0.658. The predicted octanol–water partition coefficient (Wildman–Crippen LogP) is 1.05. The lowest BCUT2D eigenvalue weighted by atomic mass is 10.2. The molecule has 2 rings (SSSR count). The Morgan fingerprint density at radius 2 is 1.81 bits per heavy atom. The van der Waals surface area contributed by atoms with Crippen LogP contribution >= 0.6 is 24.0 Å². The van der Waals surface area contributed by atoms with Crippen LogP contribution in [0.15, 0.2) is 41.7 Å². The van der Waals surface area contributed by atoms with E-state index in [4.69, 9.17) is 0 Å². The summed E-state index contributed by atoms with van der Waals surface area (Å²) in [4.78, 5) is 16.1. The number of amides is 1. The number of carbonyl (C=O) groups excluding carboxylic acids is 1. The van der Waals surface area contributed by atoms with Crippen LogP contribution in [0.4, 0.5) is 0 Å². The molecule has 0 aliphatic heterocycles. The molecule has 0 radical (unpaired) electrons. The highest BCUT2D eigenvalue weighted by Gasteiger charge is 2.04. The van der Waals surface area contributed by atoms with Crippen molar-refractivity contribution in [2.45, 2.75) is 19.9 Å². The Bertz CT molecular complexity index is 687. The van der Waals surface area contributed by atoms with E-state index >= 15 is 0 Å². The number of aromatic nitrogens is 3. The van der Waals surface area contributed by atoms with Gasteiger partial charge in [-0.3, -0.25) is 9.79 Å². The second kappa shape index (κ2) is 12.2. The molecule has 0 fully saturated rings. The van der Waals surface area contributed by atoms with Gasteiger partial charge in [0.1, 0.15) is 12.2 Å². The molecule has 8 nitrogen and oxygen atoms in total. The summed E-state index contributed by atoms with van der Waals surface area (Å²) in [5.74, 6) is 1.58. The van der Waals surface area contributed by atoms with Crippen LogP contribution in [0.3, 0.4) is 0 Å². The maximum atomic E-state index is 11.9. The maximum Gasteiger partial charge on any atom is 0.251 e. The number of hydrogen-bond donors (Lipinski definition) is 3. The van der Waals surface area contributed by atoms with Crippen LogP contribution in [0, 0.1) is 0 Å². The molecule has 0 aliphatic carbocycles. The molecule has 1 amide bonds. The van der Waals surface area contributed by atoms with Crippen molar-refractivity contribution in [2.75, 3.05) is 26.7 Å². The van der Waals surface area contributed by atoms with E-state index in [0.717, 1.165) is 18.8 Å². The monoisotopic (exact) mass is 471 g/mol. The van der Waals surface area contributed by atoms with Crippen LogP contribution in [-0.4, -0.2) is 53.3 Å². The molecule has 0 bridgehead atoms. The number of nitrogens with zero attached hydrogens (tertiary/aromatic N) is 4. The van der Waals surface area contributed by atoms with Crippen LogP contribution in [0.25, 0.3) is 0 Å². The third kappa shape index (κ3) is 6.98. The van der Waals surface area contributed by atoms with Crippen LogP contribution in [0.1, 0.15) is 23.1 Å². The molecule has 0 spiro atoms. The van der Waals surface area contributed by atoms with E-state index in [9.17, 15) is 4.79 Å². The molecule has 1 aromatic carbocycles. The number of hydrogen-bond acceptors (Lipinski definition) is 4. The van der Waals surface area contributed by atoms with Crippen molar-refractivity contribution in [1.29, 1.82) is 0 Å². The fourth-order valence-corrected chi connectivity index (χ4v) is 2.30. The molecule has 0 unspecified atom stereocenters. The minimum Gasteiger partial charge on any atom is -0.355 e. The molecular formula is C17H26IN7O. The van der Waals surface area contributed by atoms with Gasteiger partial charge >= 0.3 is 0 Å². The first-order valence-electron chi connectivity index (χ1n) is 8.39. The Morgan fingerprint density at radius 1 is 1.12 bits per heavy atom.